The second-order valence-electron chi connectivity index (χ2n) is 5.78. The lowest BCUT2D eigenvalue weighted by atomic mass is 10.2. The van der Waals surface area contributed by atoms with Crippen LogP contribution < -0.4 is 10.1 Å². The van der Waals surface area contributed by atoms with Gasteiger partial charge in [-0.1, -0.05) is 18.2 Å². The van der Waals surface area contributed by atoms with Crippen LogP contribution in [0.1, 0.15) is 28.5 Å². The smallest absolute Gasteiger partial charge is 0.259 e. The fourth-order valence-electron chi connectivity index (χ4n) is 2.64. The van der Waals surface area contributed by atoms with Crippen molar-refractivity contribution < 1.29 is 9.53 Å². The summed E-state index contributed by atoms with van der Waals surface area (Å²) in [7, 11) is 0. The molecule has 3 rings (SSSR count). The molecule has 5 nitrogen and oxygen atoms in total. The number of aromatic nitrogens is 2. The number of hydrogen-bond donors (Lipinski definition) is 1. The van der Waals surface area contributed by atoms with E-state index < -0.39 is 0 Å². The highest BCUT2D eigenvalue weighted by Gasteiger charge is 2.15. The molecule has 0 bridgehead atoms. The molecule has 0 radical (unpaired) electrons. The molecule has 0 aliphatic carbocycles. The molecule has 3 aromatic rings. The average molecular weight is 335 g/mol. The van der Waals surface area contributed by atoms with Crippen molar-refractivity contribution >= 4 is 11.6 Å². The molecule has 1 amide bonds. The highest BCUT2D eigenvalue weighted by Crippen LogP contribution is 2.22. The van der Waals surface area contributed by atoms with Crippen LogP contribution in [0.2, 0.25) is 0 Å². The van der Waals surface area contributed by atoms with Gasteiger partial charge in [0.15, 0.2) is 0 Å². The molecule has 0 atom stereocenters. The van der Waals surface area contributed by atoms with Gasteiger partial charge in [0.05, 0.1) is 23.6 Å². The van der Waals surface area contributed by atoms with Gasteiger partial charge >= 0.3 is 0 Å². The molecule has 25 heavy (non-hydrogen) atoms. The minimum Gasteiger partial charge on any atom is -0.494 e. The van der Waals surface area contributed by atoms with E-state index in [1.54, 1.807) is 10.9 Å². The number of nitrogens with one attached hydrogen (secondary N) is 1. The SMILES string of the molecule is CCOc1ccc(NC(=O)c2cn(-c3ccccc3)nc2C)cc1C. The highest BCUT2D eigenvalue weighted by atomic mass is 16.5. The molecule has 0 unspecified atom stereocenters. The zero-order valence-corrected chi connectivity index (χ0v) is 14.6. The summed E-state index contributed by atoms with van der Waals surface area (Å²) in [5.74, 6) is 0.650. The third-order valence-electron chi connectivity index (χ3n) is 3.90. The standard InChI is InChI=1S/C20H21N3O2/c1-4-25-19-11-10-16(12-14(19)2)21-20(24)18-13-23(22-15(18)3)17-8-6-5-7-9-17/h5-13H,4H2,1-3H3,(H,21,24). The lowest BCUT2D eigenvalue weighted by Crippen LogP contribution is -2.12. The minimum absolute atomic E-state index is 0.178. The van der Waals surface area contributed by atoms with E-state index in [0.717, 1.165) is 22.7 Å². The first-order valence-corrected chi connectivity index (χ1v) is 8.25. The van der Waals surface area contributed by atoms with Crippen LogP contribution in [-0.2, 0) is 0 Å². The Morgan fingerprint density at radius 1 is 1.16 bits per heavy atom. The summed E-state index contributed by atoms with van der Waals surface area (Å²) in [5, 5.41) is 7.36. The number of hydrogen-bond acceptors (Lipinski definition) is 3. The van der Waals surface area contributed by atoms with Crippen molar-refractivity contribution in [3.05, 3.63) is 71.5 Å². The Balaban J connectivity index is 1.80. The molecule has 0 aliphatic heterocycles. The third-order valence-corrected chi connectivity index (χ3v) is 3.90. The molecule has 1 heterocycles. The molecule has 128 valence electrons. The molecule has 5 heteroatoms. The molecule has 1 aromatic heterocycles. The van der Waals surface area contributed by atoms with Crippen LogP contribution in [-0.4, -0.2) is 22.3 Å². The molecule has 2 aromatic carbocycles. The maximum Gasteiger partial charge on any atom is 0.259 e. The average Bonchev–Trinajstić information content (AvgIpc) is 3.00. The first-order valence-electron chi connectivity index (χ1n) is 8.25. The maximum absolute atomic E-state index is 12.6. The van der Waals surface area contributed by atoms with Crippen LogP contribution in [0.3, 0.4) is 0 Å². The predicted molar refractivity (Wildman–Crippen MR) is 98.6 cm³/mol. The first-order chi connectivity index (χ1) is 12.1. The topological polar surface area (TPSA) is 56.1 Å². The number of anilines is 1. The van der Waals surface area contributed by atoms with Crippen LogP contribution in [0.25, 0.3) is 5.69 Å². The lowest BCUT2D eigenvalue weighted by molar-refractivity contribution is 0.102. The Bertz CT molecular complexity index is 885. The zero-order valence-electron chi connectivity index (χ0n) is 14.6. The summed E-state index contributed by atoms with van der Waals surface area (Å²) in [6.45, 7) is 6.35. The van der Waals surface area contributed by atoms with Gasteiger partial charge in [0.2, 0.25) is 0 Å². The number of carbonyl (C=O) groups excluding carboxylic acids is 1. The Morgan fingerprint density at radius 2 is 1.92 bits per heavy atom. The molecule has 0 fully saturated rings. The van der Waals surface area contributed by atoms with Crippen LogP contribution in [0, 0.1) is 13.8 Å². The Labute approximate surface area is 147 Å². The van der Waals surface area contributed by atoms with Crippen molar-refractivity contribution in [1.82, 2.24) is 9.78 Å². The Hall–Kier alpha value is -3.08. The summed E-state index contributed by atoms with van der Waals surface area (Å²) < 4.78 is 7.24. The molecular weight excluding hydrogens is 314 g/mol. The van der Waals surface area contributed by atoms with E-state index in [-0.39, 0.29) is 5.91 Å². The van der Waals surface area contributed by atoms with Crippen molar-refractivity contribution in [2.75, 3.05) is 11.9 Å². The number of carbonyl (C=O) groups is 1. The molecular formula is C20H21N3O2. The quantitative estimate of drug-likeness (QED) is 0.762. The van der Waals surface area contributed by atoms with E-state index >= 15 is 0 Å². The second-order valence-corrected chi connectivity index (χ2v) is 5.78. The van der Waals surface area contributed by atoms with Crippen LogP contribution in [0.5, 0.6) is 5.75 Å². The van der Waals surface area contributed by atoms with Gasteiger partial charge in [-0.25, -0.2) is 4.68 Å². The number of para-hydroxylation sites is 1. The maximum atomic E-state index is 12.6. The van der Waals surface area contributed by atoms with Crippen LogP contribution in [0.4, 0.5) is 5.69 Å². The summed E-state index contributed by atoms with van der Waals surface area (Å²) in [6, 6.07) is 15.3. The molecule has 1 N–H and O–H groups in total. The van der Waals surface area contributed by atoms with E-state index in [1.807, 2.05) is 69.3 Å². The molecule has 0 aliphatic rings. The van der Waals surface area contributed by atoms with Gasteiger partial charge in [0, 0.05) is 11.9 Å². The van der Waals surface area contributed by atoms with Gasteiger partial charge in [-0.15, -0.1) is 0 Å². The fraction of sp³-hybridized carbons (Fsp3) is 0.200. The molecule has 0 saturated heterocycles. The van der Waals surface area contributed by atoms with Crippen molar-refractivity contribution in [3.8, 4) is 11.4 Å². The third kappa shape index (κ3) is 3.71. The van der Waals surface area contributed by atoms with E-state index in [0.29, 0.717) is 17.9 Å². The van der Waals surface area contributed by atoms with E-state index in [9.17, 15) is 4.79 Å². The van der Waals surface area contributed by atoms with Gasteiger partial charge in [-0.05, 0) is 56.7 Å². The zero-order chi connectivity index (χ0) is 17.8. The Kier molecular flexibility index (Phi) is 4.84. The van der Waals surface area contributed by atoms with E-state index in [4.69, 9.17) is 4.74 Å². The molecule has 0 spiro atoms. The van der Waals surface area contributed by atoms with Crippen LogP contribution >= 0.6 is 0 Å². The van der Waals surface area contributed by atoms with E-state index in [2.05, 4.69) is 10.4 Å². The van der Waals surface area contributed by atoms with Crippen LogP contribution in [0.15, 0.2) is 54.7 Å². The summed E-state index contributed by atoms with van der Waals surface area (Å²) in [4.78, 5) is 12.6. The lowest BCUT2D eigenvalue weighted by Gasteiger charge is -2.10. The number of nitrogens with zero attached hydrogens (tertiary/aromatic N) is 2. The van der Waals surface area contributed by atoms with Gasteiger partial charge in [-0.2, -0.15) is 5.10 Å². The van der Waals surface area contributed by atoms with Gasteiger partial charge in [0.1, 0.15) is 5.75 Å². The van der Waals surface area contributed by atoms with Crippen molar-refractivity contribution in [2.24, 2.45) is 0 Å². The number of amides is 1. The largest absolute Gasteiger partial charge is 0.494 e. The van der Waals surface area contributed by atoms with Gasteiger partial charge in [-0.3, -0.25) is 4.79 Å². The van der Waals surface area contributed by atoms with Gasteiger partial charge in [0.25, 0.3) is 5.91 Å². The molecule has 0 saturated carbocycles. The summed E-state index contributed by atoms with van der Waals surface area (Å²) in [6.07, 6.45) is 1.75. The van der Waals surface area contributed by atoms with E-state index in [1.165, 1.54) is 0 Å². The number of rotatable bonds is 5. The first kappa shape index (κ1) is 16.8. The Morgan fingerprint density at radius 3 is 2.60 bits per heavy atom. The normalized spacial score (nSPS) is 10.5. The summed E-state index contributed by atoms with van der Waals surface area (Å²) in [5.41, 5.74) is 3.87. The van der Waals surface area contributed by atoms with Gasteiger partial charge < -0.3 is 10.1 Å². The minimum atomic E-state index is -0.178. The monoisotopic (exact) mass is 335 g/mol. The van der Waals surface area contributed by atoms with Crippen molar-refractivity contribution in [2.45, 2.75) is 20.8 Å². The second kappa shape index (κ2) is 7.21. The number of aryl methyl sites for hydroxylation is 2. The van der Waals surface area contributed by atoms with Crippen molar-refractivity contribution in [3.63, 3.8) is 0 Å². The highest BCUT2D eigenvalue weighted by molar-refractivity contribution is 6.05. The van der Waals surface area contributed by atoms with Crippen molar-refractivity contribution in [1.29, 1.82) is 0 Å². The fourth-order valence-corrected chi connectivity index (χ4v) is 2.64. The predicted octanol–water partition coefficient (Wildman–Crippen LogP) is 4.14. The number of ether oxygens (including phenoxy) is 1. The number of benzene rings is 2. The summed E-state index contributed by atoms with van der Waals surface area (Å²) >= 11 is 0.